The van der Waals surface area contributed by atoms with Gasteiger partial charge >= 0.3 is 6.18 Å². The van der Waals surface area contributed by atoms with Gasteiger partial charge in [0.1, 0.15) is 12.4 Å². The molecule has 0 atom stereocenters. The van der Waals surface area contributed by atoms with E-state index in [0.29, 0.717) is 43.4 Å². The van der Waals surface area contributed by atoms with Crippen molar-refractivity contribution in [3.8, 4) is 0 Å². The largest absolute Gasteiger partial charge is 0.417 e. The number of pyridine rings is 1. The molecule has 1 saturated heterocycles. The van der Waals surface area contributed by atoms with Crippen molar-refractivity contribution in [3.05, 3.63) is 48.2 Å². The van der Waals surface area contributed by atoms with E-state index in [-0.39, 0.29) is 24.9 Å². The molecule has 158 valence electrons. The first kappa shape index (κ1) is 20.1. The smallest absolute Gasteiger partial charge is 0.354 e. The molecule has 1 aromatic heterocycles. The number of carbonyl (C=O) groups excluding carboxylic acids is 2. The second-order valence-electron chi connectivity index (χ2n) is 7.21. The lowest BCUT2D eigenvalue weighted by Crippen LogP contribution is -2.52. The maximum absolute atomic E-state index is 12.8. The molecule has 2 amide bonds. The topological polar surface area (TPSA) is 68.8 Å². The summed E-state index contributed by atoms with van der Waals surface area (Å²) in [6.45, 7) is 2.36. The number of carbonyl (C=O) groups is 2. The van der Waals surface area contributed by atoms with Gasteiger partial charge in [-0.1, -0.05) is 12.1 Å². The molecule has 1 fully saturated rings. The molecule has 1 aromatic carbocycles. The number of rotatable bonds is 3. The van der Waals surface area contributed by atoms with Crippen LogP contribution < -0.4 is 15.1 Å². The van der Waals surface area contributed by atoms with E-state index in [0.717, 1.165) is 12.3 Å². The van der Waals surface area contributed by atoms with Crippen molar-refractivity contribution >= 4 is 29.0 Å². The van der Waals surface area contributed by atoms with E-state index in [1.807, 2.05) is 15.9 Å². The molecule has 7 nitrogen and oxygen atoms in total. The molecule has 2 aliphatic rings. The van der Waals surface area contributed by atoms with Gasteiger partial charge in [0.05, 0.1) is 23.5 Å². The third-order valence-corrected chi connectivity index (χ3v) is 5.20. The number of para-hydroxylation sites is 2. The highest BCUT2D eigenvalue weighted by atomic mass is 19.4. The number of benzene rings is 1. The SMILES string of the molecule is O=C1CN(C(=O)CN2CCN(c3ccc(C(F)(F)F)cn3)CC2)c2ccccc2N1. The fourth-order valence-corrected chi connectivity index (χ4v) is 3.61. The van der Waals surface area contributed by atoms with Crippen LogP contribution in [0.1, 0.15) is 5.56 Å². The van der Waals surface area contributed by atoms with Crippen molar-refractivity contribution < 1.29 is 22.8 Å². The minimum Gasteiger partial charge on any atom is -0.354 e. The summed E-state index contributed by atoms with van der Waals surface area (Å²) in [7, 11) is 0. The number of nitrogens with one attached hydrogen (secondary N) is 1. The van der Waals surface area contributed by atoms with Crippen molar-refractivity contribution in [2.75, 3.05) is 54.4 Å². The molecule has 0 bridgehead atoms. The summed E-state index contributed by atoms with van der Waals surface area (Å²) in [6, 6.07) is 9.54. The lowest BCUT2D eigenvalue weighted by Gasteiger charge is -2.36. The Kier molecular flexibility index (Phi) is 5.33. The Balaban J connectivity index is 1.35. The van der Waals surface area contributed by atoms with Crippen LogP contribution >= 0.6 is 0 Å². The van der Waals surface area contributed by atoms with Crippen molar-refractivity contribution in [1.29, 1.82) is 0 Å². The highest BCUT2D eigenvalue weighted by Crippen LogP contribution is 2.30. The second-order valence-corrected chi connectivity index (χ2v) is 7.21. The molecule has 0 spiro atoms. The molecule has 2 aliphatic heterocycles. The van der Waals surface area contributed by atoms with E-state index in [1.165, 1.54) is 11.0 Å². The first-order valence-electron chi connectivity index (χ1n) is 9.51. The third kappa shape index (κ3) is 4.23. The minimum atomic E-state index is -4.41. The zero-order valence-electron chi connectivity index (χ0n) is 16.0. The number of amides is 2. The number of anilines is 3. The van der Waals surface area contributed by atoms with E-state index in [9.17, 15) is 22.8 Å². The molecule has 4 rings (SSSR count). The maximum atomic E-state index is 12.8. The van der Waals surface area contributed by atoms with E-state index < -0.39 is 11.7 Å². The lowest BCUT2D eigenvalue weighted by atomic mass is 10.2. The van der Waals surface area contributed by atoms with Gasteiger partial charge in [-0.15, -0.1) is 0 Å². The molecule has 1 N–H and O–H groups in total. The Morgan fingerprint density at radius 3 is 2.47 bits per heavy atom. The molecular formula is C20H20F3N5O2. The first-order valence-corrected chi connectivity index (χ1v) is 9.51. The van der Waals surface area contributed by atoms with Gasteiger partial charge in [0.15, 0.2) is 0 Å². The van der Waals surface area contributed by atoms with Crippen molar-refractivity contribution in [1.82, 2.24) is 9.88 Å². The Morgan fingerprint density at radius 2 is 1.80 bits per heavy atom. The third-order valence-electron chi connectivity index (χ3n) is 5.20. The molecule has 0 aliphatic carbocycles. The molecule has 0 saturated carbocycles. The first-order chi connectivity index (χ1) is 14.3. The van der Waals surface area contributed by atoms with Gasteiger partial charge < -0.3 is 10.2 Å². The highest BCUT2D eigenvalue weighted by molar-refractivity contribution is 6.10. The summed E-state index contributed by atoms with van der Waals surface area (Å²) in [5.74, 6) is 0.0780. The van der Waals surface area contributed by atoms with Crippen LogP contribution in [0.2, 0.25) is 0 Å². The zero-order chi connectivity index (χ0) is 21.3. The minimum absolute atomic E-state index is 0.0225. The van der Waals surface area contributed by atoms with Crippen LogP contribution in [0.3, 0.4) is 0 Å². The number of hydrogen-bond donors (Lipinski definition) is 1. The average Bonchev–Trinajstić information content (AvgIpc) is 2.73. The molecule has 0 radical (unpaired) electrons. The van der Waals surface area contributed by atoms with Crippen LogP contribution in [0, 0.1) is 0 Å². The summed E-state index contributed by atoms with van der Waals surface area (Å²) in [5.41, 5.74) is 0.510. The van der Waals surface area contributed by atoms with Gasteiger partial charge in [-0.05, 0) is 24.3 Å². The van der Waals surface area contributed by atoms with E-state index in [1.54, 1.807) is 18.2 Å². The Morgan fingerprint density at radius 1 is 1.07 bits per heavy atom. The lowest BCUT2D eigenvalue weighted by molar-refractivity contribution is -0.137. The van der Waals surface area contributed by atoms with E-state index in [2.05, 4.69) is 10.3 Å². The van der Waals surface area contributed by atoms with Crippen LogP contribution in [-0.4, -0.2) is 61.0 Å². The van der Waals surface area contributed by atoms with Crippen LogP contribution in [-0.2, 0) is 15.8 Å². The van der Waals surface area contributed by atoms with Gasteiger partial charge in [0.2, 0.25) is 11.8 Å². The molecule has 3 heterocycles. The predicted octanol–water partition coefficient (Wildman–Crippen LogP) is 2.21. The quantitative estimate of drug-likeness (QED) is 0.826. The van der Waals surface area contributed by atoms with Gasteiger partial charge in [-0.3, -0.25) is 19.4 Å². The summed E-state index contributed by atoms with van der Waals surface area (Å²) >= 11 is 0. The van der Waals surface area contributed by atoms with Crippen LogP contribution in [0.4, 0.5) is 30.4 Å². The standard InChI is InChI=1S/C20H20F3N5O2/c21-20(22,23)14-5-6-17(24-11-14)27-9-7-26(8-10-27)13-19(30)28-12-18(29)25-15-3-1-2-4-16(15)28/h1-6,11H,7-10,12-13H2,(H,25,29). The average molecular weight is 419 g/mol. The van der Waals surface area contributed by atoms with E-state index in [4.69, 9.17) is 0 Å². The molecular weight excluding hydrogens is 399 g/mol. The van der Waals surface area contributed by atoms with Gasteiger partial charge in [0.25, 0.3) is 0 Å². The second kappa shape index (κ2) is 7.94. The van der Waals surface area contributed by atoms with Gasteiger partial charge in [-0.2, -0.15) is 13.2 Å². The number of hydrogen-bond acceptors (Lipinski definition) is 5. The summed E-state index contributed by atoms with van der Waals surface area (Å²) < 4.78 is 38.1. The van der Waals surface area contributed by atoms with Crippen molar-refractivity contribution in [2.24, 2.45) is 0 Å². The number of fused-ring (bicyclic) bond motifs is 1. The van der Waals surface area contributed by atoms with Gasteiger partial charge in [0, 0.05) is 32.4 Å². The molecule has 10 heteroatoms. The predicted molar refractivity (Wildman–Crippen MR) is 105 cm³/mol. The number of nitrogens with zero attached hydrogens (tertiary/aromatic N) is 4. The fourth-order valence-electron chi connectivity index (χ4n) is 3.61. The number of aromatic nitrogens is 1. The van der Waals surface area contributed by atoms with Gasteiger partial charge in [-0.25, -0.2) is 4.98 Å². The Bertz CT molecular complexity index is 940. The fraction of sp³-hybridized carbons (Fsp3) is 0.350. The maximum Gasteiger partial charge on any atom is 0.417 e. The van der Waals surface area contributed by atoms with Crippen molar-refractivity contribution in [2.45, 2.75) is 6.18 Å². The number of alkyl halides is 3. The van der Waals surface area contributed by atoms with Crippen LogP contribution in [0.25, 0.3) is 0 Å². The monoisotopic (exact) mass is 419 g/mol. The Labute approximate surface area is 171 Å². The molecule has 2 aromatic rings. The van der Waals surface area contributed by atoms with Crippen molar-refractivity contribution in [3.63, 3.8) is 0 Å². The Hall–Kier alpha value is -3.14. The van der Waals surface area contributed by atoms with Crippen LogP contribution in [0.15, 0.2) is 42.6 Å². The van der Waals surface area contributed by atoms with E-state index >= 15 is 0 Å². The summed E-state index contributed by atoms with van der Waals surface area (Å²) in [6.07, 6.45) is -3.57. The molecule has 30 heavy (non-hydrogen) atoms. The summed E-state index contributed by atoms with van der Waals surface area (Å²) in [4.78, 5) is 34.0. The number of halogens is 3. The number of piperazine rings is 1. The zero-order valence-corrected chi connectivity index (χ0v) is 16.0. The van der Waals surface area contributed by atoms with Crippen LogP contribution in [0.5, 0.6) is 0 Å². The molecule has 0 unspecified atom stereocenters. The normalized spacial score (nSPS) is 17.5. The highest BCUT2D eigenvalue weighted by Gasteiger charge is 2.31. The summed E-state index contributed by atoms with van der Waals surface area (Å²) in [5, 5.41) is 2.76.